The monoisotopic (exact) mass is 284 g/mol. The van der Waals surface area contributed by atoms with Crippen LogP contribution in [0.3, 0.4) is 0 Å². The maximum absolute atomic E-state index is 14.4. The lowest BCUT2D eigenvalue weighted by atomic mass is 10.1. The molecule has 0 amide bonds. The van der Waals surface area contributed by atoms with Crippen molar-refractivity contribution in [1.82, 2.24) is 5.32 Å². The fraction of sp³-hybridized carbons (Fsp3) is 0.333. The number of benzene rings is 2. The summed E-state index contributed by atoms with van der Waals surface area (Å²) >= 11 is 0. The SMILES string of the molecule is Cc1cccc(N(C)c2ccc(CNC3CC3)cc2F)c1. The van der Waals surface area contributed by atoms with Crippen LogP contribution in [-0.2, 0) is 6.54 Å². The van der Waals surface area contributed by atoms with Crippen molar-refractivity contribution in [3.8, 4) is 0 Å². The predicted molar refractivity (Wildman–Crippen MR) is 85.5 cm³/mol. The van der Waals surface area contributed by atoms with Crippen LogP contribution in [0.5, 0.6) is 0 Å². The molecule has 1 aliphatic rings. The maximum Gasteiger partial charge on any atom is 0.147 e. The summed E-state index contributed by atoms with van der Waals surface area (Å²) in [6, 6.07) is 14.2. The molecule has 0 radical (unpaired) electrons. The van der Waals surface area contributed by atoms with E-state index in [1.807, 2.05) is 49.2 Å². The third kappa shape index (κ3) is 3.42. The van der Waals surface area contributed by atoms with Crippen LogP contribution in [-0.4, -0.2) is 13.1 Å². The van der Waals surface area contributed by atoms with Gasteiger partial charge < -0.3 is 10.2 Å². The molecule has 0 bridgehead atoms. The van der Waals surface area contributed by atoms with Gasteiger partial charge in [-0.1, -0.05) is 18.2 Å². The number of nitrogens with zero attached hydrogens (tertiary/aromatic N) is 1. The molecule has 0 atom stereocenters. The molecule has 21 heavy (non-hydrogen) atoms. The summed E-state index contributed by atoms with van der Waals surface area (Å²) in [5, 5.41) is 3.41. The van der Waals surface area contributed by atoms with Crippen LogP contribution in [0.25, 0.3) is 0 Å². The molecule has 2 aromatic rings. The first kappa shape index (κ1) is 14.1. The third-order valence-corrected chi connectivity index (χ3v) is 3.93. The molecule has 1 fully saturated rings. The Hall–Kier alpha value is -1.87. The first-order valence-corrected chi connectivity index (χ1v) is 7.46. The first-order chi connectivity index (χ1) is 10.1. The summed E-state index contributed by atoms with van der Waals surface area (Å²) in [5.74, 6) is -0.172. The fourth-order valence-corrected chi connectivity index (χ4v) is 2.46. The quantitative estimate of drug-likeness (QED) is 0.887. The number of hydrogen-bond donors (Lipinski definition) is 1. The van der Waals surface area contributed by atoms with Crippen LogP contribution in [0.1, 0.15) is 24.0 Å². The summed E-state index contributed by atoms with van der Waals surface area (Å²) in [6.45, 7) is 2.79. The van der Waals surface area contributed by atoms with Crippen molar-refractivity contribution < 1.29 is 4.39 Å². The summed E-state index contributed by atoms with van der Waals surface area (Å²) in [4.78, 5) is 1.89. The highest BCUT2D eigenvalue weighted by atomic mass is 19.1. The Morgan fingerprint density at radius 1 is 1.19 bits per heavy atom. The smallest absolute Gasteiger partial charge is 0.147 e. The van der Waals surface area contributed by atoms with Gasteiger partial charge in [-0.2, -0.15) is 0 Å². The van der Waals surface area contributed by atoms with Crippen LogP contribution >= 0.6 is 0 Å². The normalized spacial score (nSPS) is 14.2. The Labute approximate surface area is 125 Å². The highest BCUT2D eigenvalue weighted by Crippen LogP contribution is 2.27. The van der Waals surface area contributed by atoms with Crippen molar-refractivity contribution in [3.05, 3.63) is 59.4 Å². The lowest BCUT2D eigenvalue weighted by Crippen LogP contribution is -2.16. The van der Waals surface area contributed by atoms with Crippen LogP contribution in [0, 0.1) is 12.7 Å². The molecule has 2 nitrogen and oxygen atoms in total. The highest BCUT2D eigenvalue weighted by Gasteiger charge is 2.20. The largest absolute Gasteiger partial charge is 0.342 e. The molecule has 0 aliphatic heterocycles. The highest BCUT2D eigenvalue weighted by molar-refractivity contribution is 5.63. The van der Waals surface area contributed by atoms with Gasteiger partial charge >= 0.3 is 0 Å². The van der Waals surface area contributed by atoms with E-state index in [1.54, 1.807) is 6.07 Å². The van der Waals surface area contributed by atoms with Gasteiger partial charge in [0.1, 0.15) is 5.82 Å². The molecule has 1 aliphatic carbocycles. The van der Waals surface area contributed by atoms with Gasteiger partial charge in [0, 0.05) is 25.3 Å². The lowest BCUT2D eigenvalue weighted by Gasteiger charge is -2.21. The molecule has 2 aromatic carbocycles. The Bertz CT molecular complexity index is 635. The second-order valence-electron chi connectivity index (χ2n) is 5.84. The number of aryl methyl sites for hydroxylation is 1. The number of halogens is 1. The first-order valence-electron chi connectivity index (χ1n) is 7.46. The van der Waals surface area contributed by atoms with E-state index in [-0.39, 0.29) is 5.82 Å². The number of anilines is 2. The van der Waals surface area contributed by atoms with E-state index in [1.165, 1.54) is 18.4 Å². The second kappa shape index (κ2) is 5.86. The minimum atomic E-state index is -0.172. The molecule has 1 saturated carbocycles. The summed E-state index contributed by atoms with van der Waals surface area (Å²) < 4.78 is 14.4. The maximum atomic E-state index is 14.4. The van der Waals surface area contributed by atoms with Crippen molar-refractivity contribution in [3.63, 3.8) is 0 Å². The zero-order chi connectivity index (χ0) is 14.8. The van der Waals surface area contributed by atoms with Crippen molar-refractivity contribution in [1.29, 1.82) is 0 Å². The van der Waals surface area contributed by atoms with E-state index in [0.29, 0.717) is 11.7 Å². The molecule has 3 heteroatoms. The molecular weight excluding hydrogens is 263 g/mol. The second-order valence-corrected chi connectivity index (χ2v) is 5.84. The van der Waals surface area contributed by atoms with E-state index in [4.69, 9.17) is 0 Å². The van der Waals surface area contributed by atoms with E-state index >= 15 is 0 Å². The lowest BCUT2D eigenvalue weighted by molar-refractivity contribution is 0.619. The molecule has 0 heterocycles. The van der Waals surface area contributed by atoms with Crippen LogP contribution in [0.2, 0.25) is 0 Å². The third-order valence-electron chi connectivity index (χ3n) is 3.93. The van der Waals surface area contributed by atoms with Gasteiger partial charge in [-0.05, 0) is 55.2 Å². The Balaban J connectivity index is 1.77. The molecule has 0 saturated heterocycles. The zero-order valence-corrected chi connectivity index (χ0v) is 12.6. The van der Waals surface area contributed by atoms with Crippen molar-refractivity contribution >= 4 is 11.4 Å². The summed E-state index contributed by atoms with van der Waals surface area (Å²) in [6.07, 6.45) is 2.49. The standard InChI is InChI=1S/C18H21FN2/c1-13-4-3-5-16(10-13)21(2)18-9-6-14(11-17(18)19)12-20-15-7-8-15/h3-6,9-11,15,20H,7-8,12H2,1-2H3. The molecule has 0 spiro atoms. The van der Waals surface area contributed by atoms with Gasteiger partial charge in [0.25, 0.3) is 0 Å². The Morgan fingerprint density at radius 3 is 2.67 bits per heavy atom. The molecule has 3 rings (SSSR count). The number of rotatable bonds is 5. The average Bonchev–Trinajstić information content (AvgIpc) is 3.29. The summed E-state index contributed by atoms with van der Waals surface area (Å²) in [7, 11) is 1.90. The Morgan fingerprint density at radius 2 is 2.00 bits per heavy atom. The number of nitrogens with one attached hydrogen (secondary N) is 1. The van der Waals surface area contributed by atoms with E-state index in [2.05, 4.69) is 11.4 Å². The van der Waals surface area contributed by atoms with Gasteiger partial charge in [0.15, 0.2) is 0 Å². The molecule has 0 aromatic heterocycles. The number of hydrogen-bond acceptors (Lipinski definition) is 2. The zero-order valence-electron chi connectivity index (χ0n) is 12.6. The van der Waals surface area contributed by atoms with E-state index in [9.17, 15) is 4.39 Å². The van der Waals surface area contributed by atoms with Gasteiger partial charge in [-0.15, -0.1) is 0 Å². The molecule has 110 valence electrons. The topological polar surface area (TPSA) is 15.3 Å². The van der Waals surface area contributed by atoms with Crippen molar-refractivity contribution in [2.45, 2.75) is 32.4 Å². The minimum absolute atomic E-state index is 0.172. The van der Waals surface area contributed by atoms with Gasteiger partial charge in [0.2, 0.25) is 0 Å². The molecule has 1 N–H and O–H groups in total. The summed E-state index contributed by atoms with van der Waals surface area (Å²) in [5.41, 5.74) is 3.78. The van der Waals surface area contributed by atoms with Crippen LogP contribution in [0.4, 0.5) is 15.8 Å². The van der Waals surface area contributed by atoms with Crippen LogP contribution in [0.15, 0.2) is 42.5 Å². The van der Waals surface area contributed by atoms with Crippen molar-refractivity contribution in [2.24, 2.45) is 0 Å². The fourth-order valence-electron chi connectivity index (χ4n) is 2.46. The molecule has 0 unspecified atom stereocenters. The van der Waals surface area contributed by atoms with Gasteiger partial charge in [-0.25, -0.2) is 4.39 Å². The minimum Gasteiger partial charge on any atom is -0.342 e. The Kier molecular flexibility index (Phi) is 3.93. The molecular formula is C18H21FN2. The predicted octanol–water partition coefficient (Wildman–Crippen LogP) is 4.15. The van der Waals surface area contributed by atoms with Gasteiger partial charge in [-0.3, -0.25) is 0 Å². The van der Waals surface area contributed by atoms with Gasteiger partial charge in [0.05, 0.1) is 5.69 Å². The average molecular weight is 284 g/mol. The van der Waals surface area contributed by atoms with E-state index < -0.39 is 0 Å². The van der Waals surface area contributed by atoms with Crippen molar-refractivity contribution in [2.75, 3.05) is 11.9 Å². The van der Waals surface area contributed by atoms with E-state index in [0.717, 1.165) is 17.8 Å². The van der Waals surface area contributed by atoms with Crippen LogP contribution < -0.4 is 10.2 Å².